The molecule has 0 aromatic heterocycles. The Balaban J connectivity index is 2.17. The van der Waals surface area contributed by atoms with E-state index in [0.717, 1.165) is 30.6 Å². The highest BCUT2D eigenvalue weighted by atomic mass is 16.1. The van der Waals surface area contributed by atoms with Gasteiger partial charge in [0.2, 0.25) is 5.91 Å². The predicted molar refractivity (Wildman–Crippen MR) is 71.7 cm³/mol. The van der Waals surface area contributed by atoms with Crippen molar-refractivity contribution >= 4 is 11.6 Å². The molecule has 0 saturated heterocycles. The van der Waals surface area contributed by atoms with Crippen LogP contribution in [0.2, 0.25) is 0 Å². The molecule has 1 rings (SSSR count). The number of aryl methyl sites for hydroxylation is 1. The van der Waals surface area contributed by atoms with Gasteiger partial charge in [0, 0.05) is 18.7 Å². The Morgan fingerprint density at radius 2 is 1.94 bits per heavy atom. The van der Waals surface area contributed by atoms with Crippen LogP contribution in [0.25, 0.3) is 0 Å². The van der Waals surface area contributed by atoms with Crippen LogP contribution in [0.1, 0.15) is 38.2 Å². The van der Waals surface area contributed by atoms with Crippen molar-refractivity contribution in [3.05, 3.63) is 29.8 Å². The first kappa shape index (κ1) is 13.6. The monoisotopic (exact) mass is 234 g/mol. The highest BCUT2D eigenvalue weighted by Gasteiger charge is 2.01. The molecule has 0 atom stereocenters. The smallest absolute Gasteiger partial charge is 0.220 e. The lowest BCUT2D eigenvalue weighted by Crippen LogP contribution is -2.24. The van der Waals surface area contributed by atoms with Crippen molar-refractivity contribution in [2.75, 3.05) is 12.3 Å². The van der Waals surface area contributed by atoms with Gasteiger partial charge in [-0.3, -0.25) is 4.79 Å². The zero-order valence-electron chi connectivity index (χ0n) is 10.5. The lowest BCUT2D eigenvalue weighted by molar-refractivity contribution is -0.121. The van der Waals surface area contributed by atoms with E-state index >= 15 is 0 Å². The number of hydrogen-bond donors (Lipinski definition) is 2. The first-order valence-electron chi connectivity index (χ1n) is 6.33. The topological polar surface area (TPSA) is 55.1 Å². The molecule has 1 aromatic carbocycles. The molecule has 1 aromatic rings. The molecule has 0 saturated carbocycles. The van der Waals surface area contributed by atoms with Crippen LogP contribution in [0.3, 0.4) is 0 Å². The molecule has 0 bridgehead atoms. The van der Waals surface area contributed by atoms with Crippen LogP contribution in [-0.2, 0) is 11.2 Å². The number of amides is 1. The average Bonchev–Trinajstić information content (AvgIpc) is 2.34. The number of unbranched alkanes of at least 4 members (excludes halogenated alkanes) is 2. The summed E-state index contributed by atoms with van der Waals surface area (Å²) >= 11 is 0. The van der Waals surface area contributed by atoms with Gasteiger partial charge in [-0.15, -0.1) is 0 Å². The minimum Gasteiger partial charge on any atom is -0.399 e. The van der Waals surface area contributed by atoms with Gasteiger partial charge in [-0.25, -0.2) is 0 Å². The molecule has 94 valence electrons. The van der Waals surface area contributed by atoms with E-state index in [4.69, 9.17) is 5.73 Å². The third-order valence-corrected chi connectivity index (χ3v) is 2.72. The number of rotatable bonds is 7. The van der Waals surface area contributed by atoms with E-state index in [1.54, 1.807) is 0 Å². The Kier molecular flexibility index (Phi) is 6.15. The summed E-state index contributed by atoms with van der Waals surface area (Å²) in [5.74, 6) is 0.137. The molecule has 0 radical (unpaired) electrons. The fourth-order valence-corrected chi connectivity index (χ4v) is 1.63. The third kappa shape index (κ3) is 5.95. The summed E-state index contributed by atoms with van der Waals surface area (Å²) in [5.41, 5.74) is 7.51. The first-order valence-corrected chi connectivity index (χ1v) is 6.33. The van der Waals surface area contributed by atoms with E-state index in [1.165, 1.54) is 12.8 Å². The molecule has 0 aliphatic heterocycles. The fourth-order valence-electron chi connectivity index (χ4n) is 1.63. The summed E-state index contributed by atoms with van der Waals surface area (Å²) in [6.07, 6.45) is 4.76. The standard InChI is InChI=1S/C14H22N2O/c1-2-3-4-11-16-14(17)10-7-12-5-8-13(15)9-6-12/h5-6,8-9H,2-4,7,10-11,15H2,1H3,(H,16,17). The second kappa shape index (κ2) is 7.71. The van der Waals surface area contributed by atoms with E-state index in [9.17, 15) is 4.79 Å². The van der Waals surface area contributed by atoms with Crippen LogP contribution >= 0.6 is 0 Å². The molecular formula is C14H22N2O. The van der Waals surface area contributed by atoms with Crippen LogP contribution in [0, 0.1) is 0 Å². The molecule has 1 amide bonds. The van der Waals surface area contributed by atoms with Crippen molar-refractivity contribution in [1.29, 1.82) is 0 Å². The number of carbonyl (C=O) groups is 1. The highest BCUT2D eigenvalue weighted by molar-refractivity contribution is 5.76. The first-order chi connectivity index (χ1) is 8.22. The maximum atomic E-state index is 11.5. The van der Waals surface area contributed by atoms with Gasteiger partial charge in [0.15, 0.2) is 0 Å². The number of anilines is 1. The largest absolute Gasteiger partial charge is 0.399 e. The molecular weight excluding hydrogens is 212 g/mol. The molecule has 0 fully saturated rings. The maximum Gasteiger partial charge on any atom is 0.220 e. The second-order valence-corrected chi connectivity index (χ2v) is 4.30. The van der Waals surface area contributed by atoms with Crippen molar-refractivity contribution in [3.63, 3.8) is 0 Å². The Morgan fingerprint density at radius 3 is 2.59 bits per heavy atom. The Bertz CT molecular complexity index is 333. The van der Waals surface area contributed by atoms with Crippen molar-refractivity contribution in [2.45, 2.75) is 39.0 Å². The normalized spacial score (nSPS) is 10.2. The quantitative estimate of drug-likeness (QED) is 0.562. The summed E-state index contributed by atoms with van der Waals surface area (Å²) in [4.78, 5) is 11.5. The van der Waals surface area contributed by atoms with Crippen LogP contribution < -0.4 is 11.1 Å². The number of nitrogens with one attached hydrogen (secondary N) is 1. The van der Waals surface area contributed by atoms with E-state index in [1.807, 2.05) is 24.3 Å². The lowest BCUT2D eigenvalue weighted by atomic mass is 10.1. The van der Waals surface area contributed by atoms with Crippen molar-refractivity contribution in [1.82, 2.24) is 5.32 Å². The second-order valence-electron chi connectivity index (χ2n) is 4.30. The van der Waals surface area contributed by atoms with E-state index in [0.29, 0.717) is 6.42 Å². The Labute approximate surface area is 103 Å². The minimum atomic E-state index is 0.137. The minimum absolute atomic E-state index is 0.137. The molecule has 3 nitrogen and oxygen atoms in total. The average molecular weight is 234 g/mol. The van der Waals surface area contributed by atoms with Gasteiger partial charge in [0.05, 0.1) is 0 Å². The molecule has 17 heavy (non-hydrogen) atoms. The summed E-state index contributed by atoms with van der Waals surface area (Å²) < 4.78 is 0. The lowest BCUT2D eigenvalue weighted by Gasteiger charge is -2.05. The zero-order chi connectivity index (χ0) is 12.5. The van der Waals surface area contributed by atoms with Crippen LogP contribution in [0.4, 0.5) is 5.69 Å². The number of hydrogen-bond acceptors (Lipinski definition) is 2. The van der Waals surface area contributed by atoms with Crippen molar-refractivity contribution in [2.24, 2.45) is 0 Å². The van der Waals surface area contributed by atoms with Gasteiger partial charge in [-0.1, -0.05) is 31.9 Å². The van der Waals surface area contributed by atoms with E-state index < -0.39 is 0 Å². The molecule has 0 spiro atoms. The maximum absolute atomic E-state index is 11.5. The Hall–Kier alpha value is -1.51. The predicted octanol–water partition coefficient (Wildman–Crippen LogP) is 2.51. The van der Waals surface area contributed by atoms with E-state index in [2.05, 4.69) is 12.2 Å². The van der Waals surface area contributed by atoms with Crippen LogP contribution in [0.15, 0.2) is 24.3 Å². The summed E-state index contributed by atoms with van der Waals surface area (Å²) in [7, 11) is 0. The molecule has 0 unspecified atom stereocenters. The third-order valence-electron chi connectivity index (χ3n) is 2.72. The number of nitrogens with two attached hydrogens (primary N) is 1. The van der Waals surface area contributed by atoms with Crippen molar-refractivity contribution in [3.8, 4) is 0 Å². The summed E-state index contributed by atoms with van der Waals surface area (Å²) in [5, 5.41) is 2.94. The van der Waals surface area contributed by atoms with Crippen molar-refractivity contribution < 1.29 is 4.79 Å². The molecule has 3 N–H and O–H groups in total. The highest BCUT2D eigenvalue weighted by Crippen LogP contribution is 2.07. The fraction of sp³-hybridized carbons (Fsp3) is 0.500. The number of nitrogen functional groups attached to an aromatic ring is 1. The van der Waals surface area contributed by atoms with Gasteiger partial charge in [-0.05, 0) is 30.5 Å². The van der Waals surface area contributed by atoms with Gasteiger partial charge >= 0.3 is 0 Å². The van der Waals surface area contributed by atoms with Gasteiger partial charge in [-0.2, -0.15) is 0 Å². The summed E-state index contributed by atoms with van der Waals surface area (Å²) in [6, 6.07) is 7.68. The zero-order valence-corrected chi connectivity index (χ0v) is 10.5. The SMILES string of the molecule is CCCCCNC(=O)CCc1ccc(N)cc1. The molecule has 0 aliphatic rings. The summed E-state index contributed by atoms with van der Waals surface area (Å²) in [6.45, 7) is 2.96. The van der Waals surface area contributed by atoms with Gasteiger partial charge < -0.3 is 11.1 Å². The van der Waals surface area contributed by atoms with Gasteiger partial charge in [0.1, 0.15) is 0 Å². The number of benzene rings is 1. The van der Waals surface area contributed by atoms with Crippen LogP contribution in [0.5, 0.6) is 0 Å². The van der Waals surface area contributed by atoms with Gasteiger partial charge in [0.25, 0.3) is 0 Å². The molecule has 0 heterocycles. The van der Waals surface area contributed by atoms with Crippen LogP contribution in [-0.4, -0.2) is 12.5 Å². The Morgan fingerprint density at radius 1 is 1.24 bits per heavy atom. The number of carbonyl (C=O) groups excluding carboxylic acids is 1. The van der Waals surface area contributed by atoms with E-state index in [-0.39, 0.29) is 5.91 Å². The molecule has 0 aliphatic carbocycles. The molecule has 3 heteroatoms.